The van der Waals surface area contributed by atoms with Crippen LogP contribution in [-0.2, 0) is 4.79 Å². The molecule has 0 fully saturated rings. The summed E-state index contributed by atoms with van der Waals surface area (Å²) in [5.41, 5.74) is 8.25. The molecule has 132 valence electrons. The first-order valence-corrected chi connectivity index (χ1v) is 8.72. The van der Waals surface area contributed by atoms with Crippen molar-refractivity contribution in [2.24, 2.45) is 0 Å². The molecule has 0 atom stereocenters. The first-order valence-electron chi connectivity index (χ1n) is 8.72. The third-order valence-corrected chi connectivity index (χ3v) is 4.86. The number of hydrogen-bond acceptors (Lipinski definition) is 3. The highest BCUT2D eigenvalue weighted by molar-refractivity contribution is 6.35. The third kappa shape index (κ3) is 2.54. The number of fused-ring (bicyclic) bond motifs is 2. The van der Waals surface area contributed by atoms with Gasteiger partial charge in [0.15, 0.2) is 5.65 Å². The Hall–Kier alpha value is -3.67. The van der Waals surface area contributed by atoms with Gasteiger partial charge in [-0.3, -0.25) is 4.79 Å². The summed E-state index contributed by atoms with van der Waals surface area (Å²) in [7, 11) is 0. The van der Waals surface area contributed by atoms with Gasteiger partial charge < -0.3 is 10.3 Å². The van der Waals surface area contributed by atoms with Crippen molar-refractivity contribution >= 4 is 28.9 Å². The summed E-state index contributed by atoms with van der Waals surface area (Å²) < 4.78 is 1.74. The summed E-state index contributed by atoms with van der Waals surface area (Å²) in [6, 6.07) is 9.87. The van der Waals surface area contributed by atoms with E-state index in [9.17, 15) is 4.79 Å². The van der Waals surface area contributed by atoms with Crippen LogP contribution in [0.4, 0.5) is 5.69 Å². The summed E-state index contributed by atoms with van der Waals surface area (Å²) in [6.45, 7) is 4.04. The summed E-state index contributed by atoms with van der Waals surface area (Å²) >= 11 is 0. The maximum Gasteiger partial charge on any atom is 0.256 e. The number of rotatable bonds is 2. The number of benzene rings is 1. The van der Waals surface area contributed by atoms with Crippen LogP contribution < -0.4 is 5.32 Å². The molecule has 1 aliphatic rings. The number of nitrogens with one attached hydrogen (secondary N) is 2. The first kappa shape index (κ1) is 15.6. The molecule has 5 rings (SSSR count). The minimum atomic E-state index is -0.0885. The highest BCUT2D eigenvalue weighted by Crippen LogP contribution is 2.36. The molecule has 0 saturated carbocycles. The lowest BCUT2D eigenvalue weighted by Crippen LogP contribution is -2.03. The second-order valence-corrected chi connectivity index (χ2v) is 6.80. The van der Waals surface area contributed by atoms with E-state index in [2.05, 4.69) is 26.4 Å². The maximum absolute atomic E-state index is 12.5. The van der Waals surface area contributed by atoms with Crippen LogP contribution in [-0.4, -0.2) is 25.5 Å². The Balaban J connectivity index is 1.62. The van der Waals surface area contributed by atoms with Gasteiger partial charge in [-0.15, -0.1) is 0 Å². The summed E-state index contributed by atoms with van der Waals surface area (Å²) in [4.78, 5) is 20.3. The summed E-state index contributed by atoms with van der Waals surface area (Å²) in [6.07, 6.45) is 7.40. The Bertz CT molecular complexity index is 1240. The van der Waals surface area contributed by atoms with Gasteiger partial charge in [-0.25, -0.2) is 9.50 Å². The van der Waals surface area contributed by atoms with Crippen molar-refractivity contribution in [2.75, 3.05) is 5.32 Å². The molecule has 0 radical (unpaired) electrons. The minimum Gasteiger partial charge on any atom is -0.359 e. The van der Waals surface area contributed by atoms with Crippen molar-refractivity contribution < 1.29 is 4.79 Å². The second kappa shape index (κ2) is 5.67. The number of hydrogen-bond donors (Lipinski definition) is 2. The molecule has 0 saturated heterocycles. The number of amides is 1. The van der Waals surface area contributed by atoms with E-state index in [-0.39, 0.29) is 5.91 Å². The summed E-state index contributed by atoms with van der Waals surface area (Å²) in [5, 5.41) is 7.19. The quantitative estimate of drug-likeness (QED) is 0.537. The molecule has 4 aromatic rings. The number of aromatic nitrogens is 4. The van der Waals surface area contributed by atoms with E-state index in [0.29, 0.717) is 5.57 Å². The SMILES string of the molecule is Cc1cc(C)c(/C=C2\C(=O)Nc3ccc(-c4cnc5ccnn5c4)cc32)[nH]1. The van der Waals surface area contributed by atoms with Gasteiger partial charge in [-0.2, -0.15) is 5.10 Å². The molecule has 0 aliphatic carbocycles. The van der Waals surface area contributed by atoms with E-state index in [1.165, 1.54) is 0 Å². The fourth-order valence-electron chi connectivity index (χ4n) is 3.51. The number of nitrogens with zero attached hydrogens (tertiary/aromatic N) is 3. The molecule has 0 unspecified atom stereocenters. The minimum absolute atomic E-state index is 0.0885. The molecule has 0 spiro atoms. The lowest BCUT2D eigenvalue weighted by atomic mass is 10.00. The average Bonchev–Trinajstić information content (AvgIpc) is 3.32. The predicted molar refractivity (Wildman–Crippen MR) is 105 cm³/mol. The highest BCUT2D eigenvalue weighted by Gasteiger charge is 2.25. The molecule has 1 aliphatic heterocycles. The van der Waals surface area contributed by atoms with Gasteiger partial charge in [-0.05, 0) is 49.2 Å². The van der Waals surface area contributed by atoms with Crippen LogP contribution in [0.1, 0.15) is 22.5 Å². The van der Waals surface area contributed by atoms with E-state index in [1.54, 1.807) is 10.7 Å². The lowest BCUT2D eigenvalue weighted by Gasteiger charge is -2.05. The van der Waals surface area contributed by atoms with Crippen LogP contribution >= 0.6 is 0 Å². The smallest absolute Gasteiger partial charge is 0.256 e. The van der Waals surface area contributed by atoms with E-state index in [4.69, 9.17) is 0 Å². The molecule has 1 aromatic carbocycles. The number of aromatic amines is 1. The number of carbonyl (C=O) groups is 1. The zero-order valence-electron chi connectivity index (χ0n) is 14.9. The Morgan fingerprint density at radius 2 is 2.00 bits per heavy atom. The monoisotopic (exact) mass is 355 g/mol. The average molecular weight is 355 g/mol. The molecule has 6 nitrogen and oxygen atoms in total. The van der Waals surface area contributed by atoms with Crippen LogP contribution in [0.2, 0.25) is 0 Å². The Morgan fingerprint density at radius 3 is 2.81 bits per heavy atom. The third-order valence-electron chi connectivity index (χ3n) is 4.86. The number of carbonyl (C=O) groups excluding carboxylic acids is 1. The number of aryl methyl sites for hydroxylation is 2. The van der Waals surface area contributed by atoms with Crippen LogP contribution in [0, 0.1) is 13.8 Å². The van der Waals surface area contributed by atoms with Crippen molar-refractivity contribution in [3.05, 3.63) is 71.4 Å². The van der Waals surface area contributed by atoms with Crippen molar-refractivity contribution in [3.63, 3.8) is 0 Å². The molecule has 4 heterocycles. The van der Waals surface area contributed by atoms with Crippen LogP contribution in [0.5, 0.6) is 0 Å². The van der Waals surface area contributed by atoms with E-state index in [0.717, 1.165) is 45.0 Å². The molecule has 0 bridgehead atoms. The van der Waals surface area contributed by atoms with Crippen LogP contribution in [0.3, 0.4) is 0 Å². The zero-order valence-corrected chi connectivity index (χ0v) is 14.9. The van der Waals surface area contributed by atoms with Gasteiger partial charge in [-0.1, -0.05) is 6.07 Å². The Labute approximate surface area is 155 Å². The fraction of sp³-hybridized carbons (Fsp3) is 0.0952. The molecule has 27 heavy (non-hydrogen) atoms. The van der Waals surface area contributed by atoms with E-state index in [1.807, 2.05) is 56.6 Å². The number of anilines is 1. The normalized spacial score (nSPS) is 14.7. The maximum atomic E-state index is 12.5. The standard InChI is InChI=1S/C21H17N5O/c1-12-7-13(2)24-19(12)9-17-16-8-14(3-4-18(16)25-21(17)27)15-10-22-20-5-6-23-26(20)11-15/h3-11,24H,1-2H3,(H,25,27)/b17-9-. The molecule has 2 N–H and O–H groups in total. The van der Waals surface area contributed by atoms with Gasteiger partial charge in [0.1, 0.15) is 0 Å². The highest BCUT2D eigenvalue weighted by atomic mass is 16.2. The largest absolute Gasteiger partial charge is 0.359 e. The summed E-state index contributed by atoms with van der Waals surface area (Å²) in [5.74, 6) is -0.0885. The van der Waals surface area contributed by atoms with Gasteiger partial charge in [0.25, 0.3) is 5.91 Å². The molecule has 3 aromatic heterocycles. The molecular formula is C21H17N5O. The van der Waals surface area contributed by atoms with Gasteiger partial charge in [0.05, 0.1) is 11.8 Å². The van der Waals surface area contributed by atoms with Crippen LogP contribution in [0.25, 0.3) is 28.4 Å². The molecular weight excluding hydrogens is 338 g/mol. The Kier molecular flexibility index (Phi) is 3.27. The van der Waals surface area contributed by atoms with Crippen molar-refractivity contribution in [1.82, 2.24) is 19.6 Å². The number of H-pyrrole nitrogens is 1. The molecule has 1 amide bonds. The second-order valence-electron chi connectivity index (χ2n) is 6.80. The first-order chi connectivity index (χ1) is 13.1. The zero-order chi connectivity index (χ0) is 18.5. The predicted octanol–water partition coefficient (Wildman–Crippen LogP) is 3.83. The van der Waals surface area contributed by atoms with Gasteiger partial charge >= 0.3 is 0 Å². The van der Waals surface area contributed by atoms with Crippen molar-refractivity contribution in [2.45, 2.75) is 13.8 Å². The van der Waals surface area contributed by atoms with Crippen molar-refractivity contribution in [1.29, 1.82) is 0 Å². The lowest BCUT2D eigenvalue weighted by molar-refractivity contribution is -0.110. The molecule has 6 heteroatoms. The topological polar surface area (TPSA) is 75.1 Å². The fourth-order valence-corrected chi connectivity index (χ4v) is 3.51. The van der Waals surface area contributed by atoms with Gasteiger partial charge in [0.2, 0.25) is 0 Å². The van der Waals surface area contributed by atoms with Crippen molar-refractivity contribution in [3.8, 4) is 11.1 Å². The van der Waals surface area contributed by atoms with E-state index >= 15 is 0 Å². The van der Waals surface area contributed by atoms with E-state index < -0.39 is 0 Å². The Morgan fingerprint density at radius 1 is 1.11 bits per heavy atom. The van der Waals surface area contributed by atoms with Crippen LogP contribution in [0.15, 0.2) is 48.9 Å². The van der Waals surface area contributed by atoms with Gasteiger partial charge in [0, 0.05) is 46.7 Å².